The van der Waals surface area contributed by atoms with E-state index < -0.39 is 23.3 Å². The molecule has 0 amide bonds. The predicted octanol–water partition coefficient (Wildman–Crippen LogP) is -0.0178. The molecule has 1 N–H and O–H groups in total. The van der Waals surface area contributed by atoms with Gasteiger partial charge in [-0.2, -0.15) is 4.39 Å². The van der Waals surface area contributed by atoms with Crippen LogP contribution in [0.4, 0.5) is 4.39 Å². The summed E-state index contributed by atoms with van der Waals surface area (Å²) in [7, 11) is 0. The molecule has 0 saturated carbocycles. The van der Waals surface area contributed by atoms with Crippen molar-refractivity contribution in [2.75, 3.05) is 6.61 Å². The third-order valence-corrected chi connectivity index (χ3v) is 2.14. The van der Waals surface area contributed by atoms with Crippen molar-refractivity contribution < 1.29 is 26.2 Å². The predicted molar refractivity (Wildman–Crippen MR) is 45.5 cm³/mol. The van der Waals surface area contributed by atoms with Crippen LogP contribution < -0.4 is 11.2 Å². The van der Waals surface area contributed by atoms with Gasteiger partial charge in [-0.05, 0) is 12.8 Å². The van der Waals surface area contributed by atoms with Gasteiger partial charge in [-0.25, -0.2) is 4.79 Å². The molecular formula is C8H9CuFN2O3. The van der Waals surface area contributed by atoms with Gasteiger partial charge in [0.1, 0.15) is 6.23 Å². The van der Waals surface area contributed by atoms with Crippen LogP contribution in [0.15, 0.2) is 15.8 Å². The molecule has 0 aromatic carbocycles. The molecule has 1 aromatic rings. The number of hydrogen-bond acceptors (Lipinski definition) is 3. The molecule has 1 aromatic heterocycles. The molecular weight excluding hydrogens is 255 g/mol. The first-order valence-electron chi connectivity index (χ1n) is 4.31. The van der Waals surface area contributed by atoms with Crippen molar-refractivity contribution >= 4 is 0 Å². The monoisotopic (exact) mass is 263 g/mol. The number of aromatic nitrogens is 2. The van der Waals surface area contributed by atoms with Crippen molar-refractivity contribution in [1.82, 2.24) is 9.55 Å². The van der Waals surface area contributed by atoms with E-state index in [-0.39, 0.29) is 17.1 Å². The van der Waals surface area contributed by atoms with Gasteiger partial charge in [-0.1, -0.05) is 0 Å². The summed E-state index contributed by atoms with van der Waals surface area (Å²) in [5, 5.41) is 0. The summed E-state index contributed by atoms with van der Waals surface area (Å²) in [5.41, 5.74) is -1.63. The summed E-state index contributed by atoms with van der Waals surface area (Å²) in [6.45, 7) is 0.553. The zero-order valence-electron chi connectivity index (χ0n) is 7.63. The molecule has 1 fully saturated rings. The maximum absolute atomic E-state index is 12.9. The Morgan fingerprint density at radius 1 is 1.53 bits per heavy atom. The SMILES string of the molecule is O=c1[nH]c(=O)n(C2CCCO2)cc1F.[Cu]. The van der Waals surface area contributed by atoms with E-state index >= 15 is 0 Å². The third kappa shape index (κ3) is 2.36. The molecule has 1 saturated heterocycles. The molecule has 15 heavy (non-hydrogen) atoms. The molecule has 1 aliphatic heterocycles. The number of rotatable bonds is 1. The zero-order valence-corrected chi connectivity index (χ0v) is 8.57. The summed E-state index contributed by atoms with van der Waals surface area (Å²) in [6, 6.07) is 0. The smallest absolute Gasteiger partial charge is 0.330 e. The fourth-order valence-corrected chi connectivity index (χ4v) is 1.45. The number of aromatic amines is 1. The van der Waals surface area contributed by atoms with Crippen molar-refractivity contribution in [2.24, 2.45) is 0 Å². The maximum atomic E-state index is 12.9. The number of hydrogen-bond donors (Lipinski definition) is 1. The summed E-state index contributed by atoms with van der Waals surface area (Å²) >= 11 is 0. The quantitative estimate of drug-likeness (QED) is 0.725. The van der Waals surface area contributed by atoms with Gasteiger partial charge in [0.15, 0.2) is 0 Å². The summed E-state index contributed by atoms with van der Waals surface area (Å²) in [6.07, 6.45) is 1.93. The fraction of sp³-hybridized carbons (Fsp3) is 0.500. The van der Waals surface area contributed by atoms with Crippen LogP contribution >= 0.6 is 0 Å². The number of H-pyrrole nitrogens is 1. The maximum Gasteiger partial charge on any atom is 0.330 e. The minimum absolute atomic E-state index is 0. The van der Waals surface area contributed by atoms with Gasteiger partial charge in [-0.15, -0.1) is 0 Å². The second kappa shape index (κ2) is 4.74. The van der Waals surface area contributed by atoms with Crippen LogP contribution in [0.5, 0.6) is 0 Å². The Bertz CT molecular complexity index is 450. The molecule has 1 atom stereocenters. The summed E-state index contributed by atoms with van der Waals surface area (Å²) in [4.78, 5) is 23.8. The van der Waals surface area contributed by atoms with E-state index in [1.165, 1.54) is 0 Å². The van der Waals surface area contributed by atoms with Crippen molar-refractivity contribution in [3.8, 4) is 0 Å². The van der Waals surface area contributed by atoms with E-state index in [1.54, 1.807) is 0 Å². The van der Waals surface area contributed by atoms with Gasteiger partial charge in [0, 0.05) is 23.7 Å². The number of halogens is 1. The van der Waals surface area contributed by atoms with Crippen LogP contribution in [0.1, 0.15) is 19.1 Å². The first-order chi connectivity index (χ1) is 6.68. The number of nitrogens with one attached hydrogen (secondary N) is 1. The van der Waals surface area contributed by atoms with Crippen LogP contribution in [-0.4, -0.2) is 16.2 Å². The van der Waals surface area contributed by atoms with Gasteiger partial charge >= 0.3 is 5.69 Å². The number of nitrogens with zero attached hydrogens (tertiary/aromatic N) is 1. The Kier molecular flexibility index (Phi) is 3.84. The van der Waals surface area contributed by atoms with Crippen molar-refractivity contribution in [2.45, 2.75) is 19.1 Å². The number of ether oxygens (including phenoxy) is 1. The molecule has 1 aliphatic rings. The summed E-state index contributed by atoms with van der Waals surface area (Å²) in [5.74, 6) is -0.972. The van der Waals surface area contributed by atoms with E-state index in [9.17, 15) is 14.0 Å². The van der Waals surface area contributed by atoms with Gasteiger partial charge in [0.2, 0.25) is 5.82 Å². The Morgan fingerprint density at radius 3 is 2.87 bits per heavy atom. The van der Waals surface area contributed by atoms with E-state index in [1.807, 2.05) is 4.98 Å². The van der Waals surface area contributed by atoms with E-state index in [4.69, 9.17) is 4.74 Å². The van der Waals surface area contributed by atoms with Gasteiger partial charge < -0.3 is 4.74 Å². The van der Waals surface area contributed by atoms with Gasteiger partial charge in [-0.3, -0.25) is 14.3 Å². The van der Waals surface area contributed by atoms with E-state index in [0.717, 1.165) is 17.2 Å². The fourth-order valence-electron chi connectivity index (χ4n) is 1.45. The Labute approximate surface area is 94.7 Å². The second-order valence-corrected chi connectivity index (χ2v) is 3.11. The molecule has 1 radical (unpaired) electrons. The van der Waals surface area contributed by atoms with Crippen LogP contribution in [0.2, 0.25) is 0 Å². The van der Waals surface area contributed by atoms with Crippen molar-refractivity contribution in [1.29, 1.82) is 0 Å². The van der Waals surface area contributed by atoms with Crippen LogP contribution in [0, 0.1) is 5.82 Å². The second-order valence-electron chi connectivity index (χ2n) is 3.11. The average molecular weight is 264 g/mol. The van der Waals surface area contributed by atoms with Gasteiger partial charge in [0.05, 0.1) is 6.20 Å². The van der Waals surface area contributed by atoms with Crippen molar-refractivity contribution in [3.63, 3.8) is 0 Å². The summed E-state index contributed by atoms with van der Waals surface area (Å²) < 4.78 is 19.1. The first-order valence-corrected chi connectivity index (χ1v) is 4.31. The largest absolute Gasteiger partial charge is 0.358 e. The van der Waals surface area contributed by atoms with Crippen LogP contribution in [-0.2, 0) is 21.8 Å². The third-order valence-electron chi connectivity index (χ3n) is 2.14. The minimum Gasteiger partial charge on any atom is -0.358 e. The first kappa shape index (κ1) is 12.2. The molecule has 1 unspecified atom stereocenters. The molecule has 0 bridgehead atoms. The average Bonchev–Trinajstić information content (AvgIpc) is 2.64. The van der Waals surface area contributed by atoms with E-state index in [0.29, 0.717) is 13.0 Å². The molecule has 0 aliphatic carbocycles. The molecule has 87 valence electrons. The molecule has 0 spiro atoms. The van der Waals surface area contributed by atoms with Crippen LogP contribution in [0.3, 0.4) is 0 Å². The molecule has 7 heteroatoms. The minimum atomic E-state index is -0.996. The molecule has 2 rings (SSSR count). The standard InChI is InChI=1S/C8H9FN2O3.Cu/c9-5-4-11(6-2-1-3-14-6)8(13)10-7(5)12;/h4,6H,1-3H2,(H,10,12,13);. The van der Waals surface area contributed by atoms with E-state index in [2.05, 4.69) is 0 Å². The Morgan fingerprint density at radius 2 is 2.27 bits per heavy atom. The van der Waals surface area contributed by atoms with Gasteiger partial charge in [0.25, 0.3) is 5.56 Å². The normalized spacial score (nSPS) is 19.9. The topological polar surface area (TPSA) is 64.1 Å². The van der Waals surface area contributed by atoms with Crippen LogP contribution in [0.25, 0.3) is 0 Å². The Balaban J connectivity index is 0.00000112. The molecule has 2 heterocycles. The Hall–Kier alpha value is -0.911. The van der Waals surface area contributed by atoms with Crippen molar-refractivity contribution in [3.05, 3.63) is 32.9 Å². The molecule has 5 nitrogen and oxygen atoms in total. The zero-order chi connectivity index (χ0) is 10.1.